The predicted octanol–water partition coefficient (Wildman–Crippen LogP) is 3.27. The summed E-state index contributed by atoms with van der Waals surface area (Å²) in [6, 6.07) is 5.44. The van der Waals surface area contributed by atoms with Crippen molar-refractivity contribution in [2.45, 2.75) is 39.7 Å². The minimum atomic E-state index is -0.0652. The van der Waals surface area contributed by atoms with Gasteiger partial charge in [-0.3, -0.25) is 4.79 Å². The van der Waals surface area contributed by atoms with E-state index in [1.807, 2.05) is 6.92 Å². The molecule has 1 aromatic rings. The maximum atomic E-state index is 12.1. The Balaban J connectivity index is 2.41. The maximum absolute atomic E-state index is 12.1. The monoisotopic (exact) mass is 355 g/mol. The molecule has 0 aliphatic rings. The van der Waals surface area contributed by atoms with Crippen LogP contribution in [-0.4, -0.2) is 36.5 Å². The molecule has 1 unspecified atom stereocenters. The topological polar surface area (TPSA) is 58.4 Å². The average Bonchev–Trinajstić information content (AvgIpc) is 2.46. The van der Waals surface area contributed by atoms with Crippen molar-refractivity contribution in [3.05, 3.63) is 28.2 Å². The molecule has 0 saturated heterocycles. The zero-order chi connectivity index (χ0) is 15.8. The second-order valence-corrected chi connectivity index (χ2v) is 6.13. The maximum Gasteiger partial charge on any atom is 0.251 e. The SMILES string of the molecule is CCN(CC)CCCC(C)NC(=O)c1ccc(Br)c(N)c1. The number of hydrogen-bond acceptors (Lipinski definition) is 3. The lowest BCUT2D eigenvalue weighted by atomic mass is 10.1. The third-order valence-corrected chi connectivity index (χ3v) is 4.36. The zero-order valence-corrected chi connectivity index (χ0v) is 14.7. The Morgan fingerprint density at radius 2 is 2.05 bits per heavy atom. The fourth-order valence-corrected chi connectivity index (χ4v) is 2.47. The summed E-state index contributed by atoms with van der Waals surface area (Å²) in [6.45, 7) is 9.63. The highest BCUT2D eigenvalue weighted by atomic mass is 79.9. The van der Waals surface area contributed by atoms with Gasteiger partial charge in [-0.2, -0.15) is 0 Å². The number of carbonyl (C=O) groups is 1. The van der Waals surface area contributed by atoms with Gasteiger partial charge in [0, 0.05) is 21.8 Å². The molecule has 0 aromatic heterocycles. The van der Waals surface area contributed by atoms with Gasteiger partial charge in [0.1, 0.15) is 0 Å². The molecule has 1 rings (SSSR count). The van der Waals surface area contributed by atoms with Crippen LogP contribution in [0.5, 0.6) is 0 Å². The highest BCUT2D eigenvalue weighted by molar-refractivity contribution is 9.10. The number of benzene rings is 1. The first-order valence-corrected chi connectivity index (χ1v) is 8.35. The molecular weight excluding hydrogens is 330 g/mol. The van der Waals surface area contributed by atoms with Crippen LogP contribution in [0.2, 0.25) is 0 Å². The fourth-order valence-electron chi connectivity index (χ4n) is 2.23. The van der Waals surface area contributed by atoms with Crippen LogP contribution >= 0.6 is 15.9 Å². The minimum Gasteiger partial charge on any atom is -0.398 e. The van der Waals surface area contributed by atoms with Crippen LogP contribution in [-0.2, 0) is 0 Å². The summed E-state index contributed by atoms with van der Waals surface area (Å²) in [4.78, 5) is 14.5. The lowest BCUT2D eigenvalue weighted by Gasteiger charge is -2.19. The highest BCUT2D eigenvalue weighted by Crippen LogP contribution is 2.20. The van der Waals surface area contributed by atoms with Crippen molar-refractivity contribution in [2.75, 3.05) is 25.4 Å². The molecule has 1 aromatic carbocycles. The summed E-state index contributed by atoms with van der Waals surface area (Å²) in [5, 5.41) is 3.02. The van der Waals surface area contributed by atoms with Crippen LogP contribution in [0.4, 0.5) is 5.69 Å². The Kier molecular flexibility index (Phi) is 7.75. The van der Waals surface area contributed by atoms with Gasteiger partial charge in [0.25, 0.3) is 5.91 Å². The second kappa shape index (κ2) is 9.05. The number of rotatable bonds is 8. The highest BCUT2D eigenvalue weighted by Gasteiger charge is 2.11. The standard InChI is InChI=1S/C16H26BrN3O/c1-4-20(5-2)10-6-7-12(3)19-16(21)13-8-9-14(17)15(18)11-13/h8-9,11-12H,4-7,10,18H2,1-3H3,(H,19,21). The molecule has 1 atom stereocenters. The predicted molar refractivity (Wildman–Crippen MR) is 92.5 cm³/mol. The Morgan fingerprint density at radius 1 is 1.38 bits per heavy atom. The number of nitrogens with one attached hydrogen (secondary N) is 1. The van der Waals surface area contributed by atoms with E-state index in [9.17, 15) is 4.79 Å². The van der Waals surface area contributed by atoms with Crippen molar-refractivity contribution < 1.29 is 4.79 Å². The van der Waals surface area contributed by atoms with Gasteiger partial charge < -0.3 is 16.0 Å². The lowest BCUT2D eigenvalue weighted by Crippen LogP contribution is -2.33. The molecule has 1 amide bonds. The number of nitrogen functional groups attached to an aromatic ring is 1. The molecule has 0 bridgehead atoms. The fraction of sp³-hybridized carbons (Fsp3) is 0.562. The molecule has 0 spiro atoms. The first kappa shape index (κ1) is 18.0. The van der Waals surface area contributed by atoms with E-state index in [4.69, 9.17) is 5.73 Å². The Bertz CT molecular complexity index is 461. The molecule has 5 heteroatoms. The van der Waals surface area contributed by atoms with Crippen LogP contribution in [0.1, 0.15) is 44.0 Å². The van der Waals surface area contributed by atoms with Crippen LogP contribution in [0.3, 0.4) is 0 Å². The first-order valence-electron chi connectivity index (χ1n) is 7.56. The third-order valence-electron chi connectivity index (χ3n) is 3.64. The van der Waals surface area contributed by atoms with Gasteiger partial charge in [0.05, 0.1) is 0 Å². The summed E-state index contributed by atoms with van der Waals surface area (Å²) in [5.41, 5.74) is 6.98. The van der Waals surface area contributed by atoms with Gasteiger partial charge in [-0.25, -0.2) is 0 Å². The summed E-state index contributed by atoms with van der Waals surface area (Å²) < 4.78 is 0.811. The van der Waals surface area contributed by atoms with Crippen molar-refractivity contribution in [2.24, 2.45) is 0 Å². The molecule has 0 heterocycles. The van der Waals surface area contributed by atoms with Gasteiger partial charge >= 0.3 is 0 Å². The molecular formula is C16H26BrN3O. The largest absolute Gasteiger partial charge is 0.398 e. The normalized spacial score (nSPS) is 12.4. The zero-order valence-electron chi connectivity index (χ0n) is 13.2. The Labute approximate surface area is 136 Å². The number of nitrogens with zero attached hydrogens (tertiary/aromatic N) is 1. The van der Waals surface area contributed by atoms with Gasteiger partial charge in [-0.15, -0.1) is 0 Å². The molecule has 4 nitrogen and oxygen atoms in total. The van der Waals surface area contributed by atoms with E-state index in [2.05, 4.69) is 40.0 Å². The summed E-state index contributed by atoms with van der Waals surface area (Å²) in [7, 11) is 0. The molecule has 0 aliphatic carbocycles. The number of nitrogens with two attached hydrogens (primary N) is 1. The van der Waals surface area contributed by atoms with Gasteiger partial charge in [0.2, 0.25) is 0 Å². The summed E-state index contributed by atoms with van der Waals surface area (Å²) >= 11 is 3.33. The van der Waals surface area contributed by atoms with E-state index in [1.165, 1.54) is 0 Å². The lowest BCUT2D eigenvalue weighted by molar-refractivity contribution is 0.0937. The van der Waals surface area contributed by atoms with Crippen LogP contribution in [0.25, 0.3) is 0 Å². The van der Waals surface area contributed by atoms with Crippen LogP contribution in [0, 0.1) is 0 Å². The van der Waals surface area contributed by atoms with Crippen molar-refractivity contribution in [3.8, 4) is 0 Å². The van der Waals surface area contributed by atoms with E-state index in [-0.39, 0.29) is 11.9 Å². The van der Waals surface area contributed by atoms with E-state index in [1.54, 1.807) is 18.2 Å². The smallest absolute Gasteiger partial charge is 0.251 e. The van der Waals surface area contributed by atoms with Crippen molar-refractivity contribution in [1.82, 2.24) is 10.2 Å². The molecule has 0 saturated carbocycles. The third kappa shape index (κ3) is 6.06. The first-order chi connectivity index (χ1) is 9.97. The number of anilines is 1. The Hall–Kier alpha value is -1.07. The molecule has 0 fully saturated rings. The van der Waals surface area contributed by atoms with E-state index < -0.39 is 0 Å². The number of carbonyl (C=O) groups excluding carboxylic acids is 1. The number of halogens is 1. The molecule has 3 N–H and O–H groups in total. The van der Waals surface area contributed by atoms with Gasteiger partial charge in [-0.1, -0.05) is 13.8 Å². The molecule has 21 heavy (non-hydrogen) atoms. The quantitative estimate of drug-likeness (QED) is 0.703. The van der Waals surface area contributed by atoms with Crippen LogP contribution in [0.15, 0.2) is 22.7 Å². The summed E-state index contributed by atoms with van der Waals surface area (Å²) in [5.74, 6) is -0.0652. The van der Waals surface area contributed by atoms with Crippen LogP contribution < -0.4 is 11.1 Å². The Morgan fingerprint density at radius 3 is 2.62 bits per heavy atom. The second-order valence-electron chi connectivity index (χ2n) is 5.28. The molecule has 0 radical (unpaired) electrons. The molecule has 118 valence electrons. The number of amides is 1. The average molecular weight is 356 g/mol. The molecule has 0 aliphatic heterocycles. The van der Waals surface area contributed by atoms with E-state index >= 15 is 0 Å². The summed E-state index contributed by atoms with van der Waals surface area (Å²) in [6.07, 6.45) is 2.07. The van der Waals surface area contributed by atoms with Crippen molar-refractivity contribution in [1.29, 1.82) is 0 Å². The van der Waals surface area contributed by atoms with Crippen molar-refractivity contribution in [3.63, 3.8) is 0 Å². The van der Waals surface area contributed by atoms with Gasteiger partial charge in [-0.05, 0) is 73.5 Å². The minimum absolute atomic E-state index is 0.0652. The number of hydrogen-bond donors (Lipinski definition) is 2. The van der Waals surface area contributed by atoms with E-state index in [0.29, 0.717) is 11.3 Å². The van der Waals surface area contributed by atoms with Gasteiger partial charge in [0.15, 0.2) is 0 Å². The van der Waals surface area contributed by atoms with E-state index in [0.717, 1.165) is 36.9 Å². The van der Waals surface area contributed by atoms with Crippen molar-refractivity contribution >= 4 is 27.5 Å².